The van der Waals surface area contributed by atoms with Crippen LogP contribution in [-0.2, 0) is 11.2 Å². The molecule has 0 N–H and O–H groups in total. The normalized spacial score (nSPS) is 17.3. The first-order chi connectivity index (χ1) is 5.92. The Balaban J connectivity index is 2.17. The van der Waals surface area contributed by atoms with Gasteiger partial charge in [-0.15, -0.1) is 0 Å². The van der Waals surface area contributed by atoms with Gasteiger partial charge in [-0.05, 0) is 19.3 Å². The molecular weight excluding hydrogens is 152 g/mol. The van der Waals surface area contributed by atoms with Crippen LogP contribution >= 0.6 is 0 Å². The highest BCUT2D eigenvalue weighted by Crippen LogP contribution is 2.32. The van der Waals surface area contributed by atoms with Crippen molar-refractivity contribution in [2.45, 2.75) is 31.7 Å². The van der Waals surface area contributed by atoms with Gasteiger partial charge in [0.2, 0.25) is 0 Å². The smallest absolute Gasteiger partial charge is 0.125 e. The van der Waals surface area contributed by atoms with Crippen LogP contribution in [0.2, 0.25) is 0 Å². The van der Waals surface area contributed by atoms with Crippen molar-refractivity contribution in [2.75, 3.05) is 0 Å². The molecule has 0 aliphatic heterocycles. The van der Waals surface area contributed by atoms with Crippen LogP contribution in [0.25, 0.3) is 0 Å². The number of rotatable bonds is 3. The fourth-order valence-corrected chi connectivity index (χ4v) is 1.57. The largest absolute Gasteiger partial charge is 0.331 e. The first-order valence-electron chi connectivity index (χ1n) is 4.36. The molecule has 1 aromatic heterocycles. The van der Waals surface area contributed by atoms with Crippen molar-refractivity contribution in [3.63, 3.8) is 0 Å². The lowest BCUT2D eigenvalue weighted by molar-refractivity contribution is -0.107. The van der Waals surface area contributed by atoms with E-state index in [-0.39, 0.29) is 0 Å². The minimum atomic E-state index is 0.497. The summed E-state index contributed by atoms with van der Waals surface area (Å²) in [4.78, 5) is 14.4. The van der Waals surface area contributed by atoms with E-state index < -0.39 is 0 Å². The third-order valence-corrected chi connectivity index (χ3v) is 2.51. The van der Waals surface area contributed by atoms with Crippen LogP contribution in [-0.4, -0.2) is 15.8 Å². The lowest BCUT2D eigenvalue weighted by Gasteiger charge is -2.28. The standard InChI is InChI=1S/C9H12N2O/c12-5-4-9-6-10-7-11(9)8-2-1-3-8/h5-8H,1-4H2. The summed E-state index contributed by atoms with van der Waals surface area (Å²) in [5.41, 5.74) is 1.05. The topological polar surface area (TPSA) is 34.9 Å². The van der Waals surface area contributed by atoms with Gasteiger partial charge in [-0.25, -0.2) is 4.98 Å². The number of hydrogen-bond acceptors (Lipinski definition) is 2. The first-order valence-corrected chi connectivity index (χ1v) is 4.36. The second-order valence-electron chi connectivity index (χ2n) is 3.25. The number of carbonyl (C=O) groups is 1. The van der Waals surface area contributed by atoms with Crippen LogP contribution in [0.5, 0.6) is 0 Å². The highest BCUT2D eigenvalue weighted by Gasteiger charge is 2.20. The van der Waals surface area contributed by atoms with Gasteiger partial charge in [0, 0.05) is 24.4 Å². The van der Waals surface area contributed by atoms with E-state index in [4.69, 9.17) is 0 Å². The summed E-state index contributed by atoms with van der Waals surface area (Å²) in [6.45, 7) is 0. The quantitative estimate of drug-likeness (QED) is 0.632. The van der Waals surface area contributed by atoms with E-state index in [0.29, 0.717) is 12.5 Å². The Morgan fingerprint density at radius 3 is 3.08 bits per heavy atom. The van der Waals surface area contributed by atoms with Crippen LogP contribution in [0, 0.1) is 0 Å². The highest BCUT2D eigenvalue weighted by atomic mass is 16.1. The van der Waals surface area contributed by atoms with Crippen molar-refractivity contribution < 1.29 is 4.79 Å². The molecule has 1 saturated carbocycles. The Kier molecular flexibility index (Phi) is 1.94. The minimum absolute atomic E-state index is 0.497. The van der Waals surface area contributed by atoms with Crippen LogP contribution < -0.4 is 0 Å². The van der Waals surface area contributed by atoms with Gasteiger partial charge in [-0.1, -0.05) is 0 Å². The molecule has 0 spiro atoms. The number of imidazole rings is 1. The third kappa shape index (κ3) is 1.15. The number of nitrogens with zero attached hydrogens (tertiary/aromatic N) is 2. The number of hydrogen-bond donors (Lipinski definition) is 0. The van der Waals surface area contributed by atoms with Gasteiger partial charge in [0.05, 0.1) is 6.33 Å². The Morgan fingerprint density at radius 1 is 1.67 bits per heavy atom. The highest BCUT2D eigenvalue weighted by molar-refractivity contribution is 5.53. The maximum Gasteiger partial charge on any atom is 0.125 e. The third-order valence-electron chi connectivity index (χ3n) is 2.51. The van der Waals surface area contributed by atoms with Crippen molar-refractivity contribution in [1.29, 1.82) is 0 Å². The van der Waals surface area contributed by atoms with E-state index in [9.17, 15) is 4.79 Å². The van der Waals surface area contributed by atoms with Crippen molar-refractivity contribution in [3.05, 3.63) is 18.2 Å². The van der Waals surface area contributed by atoms with Crippen LogP contribution in [0.3, 0.4) is 0 Å². The zero-order chi connectivity index (χ0) is 8.39. The molecule has 12 heavy (non-hydrogen) atoms. The Bertz CT molecular complexity index is 276. The first kappa shape index (κ1) is 7.53. The molecule has 1 aliphatic carbocycles. The fourth-order valence-electron chi connectivity index (χ4n) is 1.57. The van der Waals surface area contributed by atoms with E-state index >= 15 is 0 Å². The van der Waals surface area contributed by atoms with E-state index in [0.717, 1.165) is 12.0 Å². The molecule has 0 unspecified atom stereocenters. The summed E-state index contributed by atoms with van der Waals surface area (Å²) in [5, 5.41) is 0. The van der Waals surface area contributed by atoms with E-state index in [2.05, 4.69) is 9.55 Å². The Morgan fingerprint density at radius 2 is 2.50 bits per heavy atom. The monoisotopic (exact) mass is 164 g/mol. The van der Waals surface area contributed by atoms with Gasteiger partial charge in [-0.2, -0.15) is 0 Å². The Hall–Kier alpha value is -1.12. The zero-order valence-corrected chi connectivity index (χ0v) is 6.94. The molecule has 3 heteroatoms. The van der Waals surface area contributed by atoms with Crippen LogP contribution in [0.15, 0.2) is 12.5 Å². The maximum atomic E-state index is 10.3. The van der Waals surface area contributed by atoms with Gasteiger partial charge in [0.15, 0.2) is 0 Å². The molecule has 0 saturated heterocycles. The lowest BCUT2D eigenvalue weighted by Crippen LogP contribution is -2.18. The van der Waals surface area contributed by atoms with Crippen LogP contribution in [0.4, 0.5) is 0 Å². The summed E-state index contributed by atoms with van der Waals surface area (Å²) in [7, 11) is 0. The van der Waals surface area contributed by atoms with E-state index in [1.54, 1.807) is 6.20 Å². The molecule has 64 valence electrons. The average Bonchev–Trinajstić information content (AvgIpc) is 2.35. The summed E-state index contributed by atoms with van der Waals surface area (Å²) >= 11 is 0. The van der Waals surface area contributed by atoms with Crippen molar-refractivity contribution in [1.82, 2.24) is 9.55 Å². The molecular formula is C9H12N2O. The fraction of sp³-hybridized carbons (Fsp3) is 0.556. The average molecular weight is 164 g/mol. The molecule has 1 aromatic rings. The molecule has 0 atom stereocenters. The SMILES string of the molecule is O=CCc1cncn1C1CCC1. The summed E-state index contributed by atoms with van der Waals surface area (Å²) in [6, 6.07) is 0.613. The van der Waals surface area contributed by atoms with Gasteiger partial charge in [-0.3, -0.25) is 0 Å². The minimum Gasteiger partial charge on any atom is -0.331 e. The van der Waals surface area contributed by atoms with Gasteiger partial charge < -0.3 is 9.36 Å². The van der Waals surface area contributed by atoms with Crippen molar-refractivity contribution in [3.8, 4) is 0 Å². The predicted octanol–water partition coefficient (Wildman–Crippen LogP) is 1.35. The number of carbonyl (C=O) groups excluding carboxylic acids is 1. The second-order valence-corrected chi connectivity index (χ2v) is 3.25. The predicted molar refractivity (Wildman–Crippen MR) is 44.9 cm³/mol. The lowest BCUT2D eigenvalue weighted by atomic mass is 9.93. The molecule has 1 fully saturated rings. The van der Waals surface area contributed by atoms with Gasteiger partial charge in [0.25, 0.3) is 0 Å². The Labute approximate surface area is 71.4 Å². The zero-order valence-electron chi connectivity index (χ0n) is 6.94. The molecule has 1 heterocycles. The molecule has 0 bridgehead atoms. The second kappa shape index (κ2) is 3.09. The maximum absolute atomic E-state index is 10.3. The molecule has 0 amide bonds. The molecule has 0 aromatic carbocycles. The van der Waals surface area contributed by atoms with E-state index in [1.807, 2.05) is 6.33 Å². The number of aromatic nitrogens is 2. The van der Waals surface area contributed by atoms with Gasteiger partial charge in [0.1, 0.15) is 6.29 Å². The van der Waals surface area contributed by atoms with Crippen LogP contribution in [0.1, 0.15) is 31.0 Å². The molecule has 2 rings (SSSR count). The summed E-state index contributed by atoms with van der Waals surface area (Å²) in [6.07, 6.45) is 8.84. The molecule has 3 nitrogen and oxygen atoms in total. The summed E-state index contributed by atoms with van der Waals surface area (Å²) < 4.78 is 2.14. The molecule has 1 aliphatic rings. The van der Waals surface area contributed by atoms with Crippen molar-refractivity contribution in [2.24, 2.45) is 0 Å². The van der Waals surface area contributed by atoms with Gasteiger partial charge >= 0.3 is 0 Å². The van der Waals surface area contributed by atoms with Crippen molar-refractivity contribution >= 4 is 6.29 Å². The number of aldehydes is 1. The molecule has 0 radical (unpaired) electrons. The van der Waals surface area contributed by atoms with E-state index in [1.165, 1.54) is 19.3 Å². The summed E-state index contributed by atoms with van der Waals surface area (Å²) in [5.74, 6) is 0.